The molecule has 0 atom stereocenters. The topological polar surface area (TPSA) is 92.5 Å². The van der Waals surface area contributed by atoms with Gasteiger partial charge in [-0.3, -0.25) is 14.9 Å². The molecular formula is C13H8BrClN2O4. The molecule has 0 spiro atoms. The first-order valence-electron chi connectivity index (χ1n) is 5.62. The first kappa shape index (κ1) is 15.3. The van der Waals surface area contributed by atoms with Crippen molar-refractivity contribution in [3.8, 4) is 5.75 Å². The zero-order valence-corrected chi connectivity index (χ0v) is 12.7. The van der Waals surface area contributed by atoms with Crippen LogP contribution in [0.2, 0.25) is 5.02 Å². The lowest BCUT2D eigenvalue weighted by Gasteiger charge is -2.08. The Balaban J connectivity index is 2.25. The predicted octanol–water partition coefficient (Wildman–Crippen LogP) is 3.97. The largest absolute Gasteiger partial charge is 0.507 e. The van der Waals surface area contributed by atoms with E-state index >= 15 is 0 Å². The van der Waals surface area contributed by atoms with Crippen LogP contribution in [0.3, 0.4) is 0 Å². The van der Waals surface area contributed by atoms with Crippen LogP contribution in [0.5, 0.6) is 5.75 Å². The van der Waals surface area contributed by atoms with E-state index < -0.39 is 10.8 Å². The summed E-state index contributed by atoms with van der Waals surface area (Å²) in [5.74, 6) is -0.768. The van der Waals surface area contributed by atoms with Crippen molar-refractivity contribution in [2.75, 3.05) is 5.32 Å². The Morgan fingerprint density at radius 1 is 1.29 bits per heavy atom. The number of anilines is 1. The van der Waals surface area contributed by atoms with E-state index in [0.29, 0.717) is 4.47 Å². The first-order valence-corrected chi connectivity index (χ1v) is 6.79. The normalized spacial score (nSPS) is 10.2. The molecule has 2 aromatic carbocycles. The predicted molar refractivity (Wildman–Crippen MR) is 81.9 cm³/mol. The van der Waals surface area contributed by atoms with Gasteiger partial charge in [-0.15, -0.1) is 0 Å². The number of nitro benzene ring substituents is 1. The summed E-state index contributed by atoms with van der Waals surface area (Å²) in [6, 6.07) is 8.11. The molecule has 0 aliphatic carbocycles. The van der Waals surface area contributed by atoms with Gasteiger partial charge in [-0.1, -0.05) is 27.5 Å². The number of amides is 1. The van der Waals surface area contributed by atoms with Crippen LogP contribution in [0, 0.1) is 10.1 Å². The van der Waals surface area contributed by atoms with Gasteiger partial charge < -0.3 is 10.4 Å². The molecule has 21 heavy (non-hydrogen) atoms. The van der Waals surface area contributed by atoms with Crippen LogP contribution in [0.15, 0.2) is 40.9 Å². The molecule has 108 valence electrons. The number of halogens is 2. The van der Waals surface area contributed by atoms with E-state index in [4.69, 9.17) is 11.6 Å². The standard InChI is InChI=1S/C13H8BrClN2O4/c14-7-1-3-9(12(18)5-7)13(19)16-11-4-2-8(17(20)21)6-10(11)15/h1-6,18H,(H,16,19). The molecule has 1 amide bonds. The van der Waals surface area contributed by atoms with Crippen molar-refractivity contribution in [2.45, 2.75) is 0 Å². The molecule has 0 heterocycles. The minimum atomic E-state index is -0.585. The van der Waals surface area contributed by atoms with Gasteiger partial charge in [0.25, 0.3) is 11.6 Å². The molecule has 0 radical (unpaired) electrons. The van der Waals surface area contributed by atoms with Crippen LogP contribution in [0.4, 0.5) is 11.4 Å². The summed E-state index contributed by atoms with van der Waals surface area (Å²) in [4.78, 5) is 22.1. The third-order valence-electron chi connectivity index (χ3n) is 2.62. The van der Waals surface area contributed by atoms with E-state index in [-0.39, 0.29) is 27.7 Å². The van der Waals surface area contributed by atoms with Gasteiger partial charge in [0.2, 0.25) is 0 Å². The van der Waals surface area contributed by atoms with Gasteiger partial charge in [0.15, 0.2) is 0 Å². The third kappa shape index (κ3) is 3.50. The maximum absolute atomic E-state index is 12.0. The van der Waals surface area contributed by atoms with Gasteiger partial charge >= 0.3 is 0 Å². The minimum Gasteiger partial charge on any atom is -0.507 e. The van der Waals surface area contributed by atoms with Crippen LogP contribution < -0.4 is 5.32 Å². The van der Waals surface area contributed by atoms with Crippen LogP contribution >= 0.6 is 27.5 Å². The average molecular weight is 372 g/mol. The molecule has 0 bridgehead atoms. The molecule has 0 fully saturated rings. The number of hydrogen-bond acceptors (Lipinski definition) is 4. The highest BCUT2D eigenvalue weighted by atomic mass is 79.9. The fourth-order valence-corrected chi connectivity index (χ4v) is 2.18. The molecule has 0 aromatic heterocycles. The second-order valence-electron chi connectivity index (χ2n) is 4.04. The van der Waals surface area contributed by atoms with Gasteiger partial charge in [-0.25, -0.2) is 0 Å². The Labute approximate surface area is 132 Å². The van der Waals surface area contributed by atoms with Crippen LogP contribution in [0.1, 0.15) is 10.4 Å². The number of phenols is 1. The number of phenolic OH excluding ortho intramolecular Hbond substituents is 1. The lowest BCUT2D eigenvalue weighted by molar-refractivity contribution is -0.384. The molecule has 0 aliphatic heterocycles. The Bertz CT molecular complexity index is 736. The molecule has 2 aromatic rings. The van der Waals surface area contributed by atoms with Gasteiger partial charge in [-0.05, 0) is 24.3 Å². The van der Waals surface area contributed by atoms with E-state index in [1.165, 1.54) is 24.3 Å². The highest BCUT2D eigenvalue weighted by Gasteiger charge is 2.15. The summed E-state index contributed by atoms with van der Waals surface area (Å²) in [5, 5.41) is 22.8. The highest BCUT2D eigenvalue weighted by Crippen LogP contribution is 2.28. The fraction of sp³-hybridized carbons (Fsp3) is 0. The number of aromatic hydroxyl groups is 1. The molecule has 6 nitrogen and oxygen atoms in total. The molecule has 0 unspecified atom stereocenters. The van der Waals surface area contributed by atoms with Gasteiger partial charge in [0.05, 0.1) is 21.2 Å². The summed E-state index contributed by atoms with van der Waals surface area (Å²) in [6.45, 7) is 0. The summed E-state index contributed by atoms with van der Waals surface area (Å²) < 4.78 is 0.630. The quantitative estimate of drug-likeness (QED) is 0.631. The lowest BCUT2D eigenvalue weighted by atomic mass is 10.2. The van der Waals surface area contributed by atoms with Gasteiger partial charge in [-0.2, -0.15) is 0 Å². The number of nitro groups is 1. The molecule has 8 heteroatoms. The van der Waals surface area contributed by atoms with E-state index in [0.717, 1.165) is 6.07 Å². The number of hydrogen-bond donors (Lipinski definition) is 2. The van der Waals surface area contributed by atoms with Crippen molar-refractivity contribution in [3.05, 3.63) is 61.6 Å². The zero-order valence-electron chi connectivity index (χ0n) is 10.3. The SMILES string of the molecule is O=C(Nc1ccc([N+](=O)[O-])cc1Cl)c1ccc(Br)cc1O. The maximum Gasteiger partial charge on any atom is 0.271 e. The van der Waals surface area contributed by atoms with Gasteiger partial charge in [0.1, 0.15) is 5.75 Å². The molecule has 2 N–H and O–H groups in total. The summed E-state index contributed by atoms with van der Waals surface area (Å²) in [5.41, 5.74) is 0.103. The van der Waals surface area contributed by atoms with Crippen molar-refractivity contribution in [1.82, 2.24) is 0 Å². The second kappa shape index (κ2) is 6.11. The second-order valence-corrected chi connectivity index (χ2v) is 5.36. The van der Waals surface area contributed by atoms with Crippen LogP contribution in [0.25, 0.3) is 0 Å². The number of carbonyl (C=O) groups is 1. The summed E-state index contributed by atoms with van der Waals surface area (Å²) in [7, 11) is 0. The lowest BCUT2D eigenvalue weighted by Crippen LogP contribution is -2.12. The monoisotopic (exact) mass is 370 g/mol. The summed E-state index contributed by atoms with van der Waals surface area (Å²) >= 11 is 9.05. The number of non-ortho nitro benzene ring substituents is 1. The molecular weight excluding hydrogens is 364 g/mol. The summed E-state index contributed by atoms with van der Waals surface area (Å²) in [6.07, 6.45) is 0. The molecule has 0 aliphatic rings. The molecule has 2 rings (SSSR count). The van der Waals surface area contributed by atoms with Gasteiger partial charge in [0, 0.05) is 16.6 Å². The van der Waals surface area contributed by atoms with E-state index in [2.05, 4.69) is 21.2 Å². The minimum absolute atomic E-state index is 0.0363. The highest BCUT2D eigenvalue weighted by molar-refractivity contribution is 9.10. The Hall–Kier alpha value is -2.12. The Morgan fingerprint density at radius 3 is 2.57 bits per heavy atom. The van der Waals surface area contributed by atoms with Crippen molar-refractivity contribution in [2.24, 2.45) is 0 Å². The first-order chi connectivity index (χ1) is 9.88. The zero-order chi connectivity index (χ0) is 15.6. The van der Waals surface area contributed by atoms with Crippen LogP contribution in [-0.2, 0) is 0 Å². The van der Waals surface area contributed by atoms with Crippen molar-refractivity contribution < 1.29 is 14.8 Å². The van der Waals surface area contributed by atoms with Crippen molar-refractivity contribution >= 4 is 44.8 Å². The van der Waals surface area contributed by atoms with Crippen molar-refractivity contribution in [3.63, 3.8) is 0 Å². The van der Waals surface area contributed by atoms with Crippen molar-refractivity contribution in [1.29, 1.82) is 0 Å². The van der Waals surface area contributed by atoms with E-state index in [9.17, 15) is 20.0 Å². The number of nitrogens with zero attached hydrogens (tertiary/aromatic N) is 1. The number of carbonyl (C=O) groups excluding carboxylic acids is 1. The average Bonchev–Trinajstić information content (AvgIpc) is 2.40. The fourth-order valence-electron chi connectivity index (χ4n) is 1.61. The third-order valence-corrected chi connectivity index (χ3v) is 3.42. The molecule has 0 saturated carbocycles. The number of benzene rings is 2. The number of rotatable bonds is 3. The molecule has 0 saturated heterocycles. The Kier molecular flexibility index (Phi) is 4.44. The smallest absolute Gasteiger partial charge is 0.271 e. The van der Waals surface area contributed by atoms with E-state index in [1.807, 2.05) is 0 Å². The maximum atomic E-state index is 12.0. The Morgan fingerprint density at radius 2 is 2.00 bits per heavy atom. The van der Waals surface area contributed by atoms with E-state index in [1.54, 1.807) is 6.07 Å². The number of nitrogens with one attached hydrogen (secondary N) is 1. The van der Waals surface area contributed by atoms with Crippen LogP contribution in [-0.4, -0.2) is 15.9 Å².